The molecule has 0 atom stereocenters. The first-order valence-corrected chi connectivity index (χ1v) is 4.49. The summed E-state index contributed by atoms with van der Waals surface area (Å²) in [6.45, 7) is 3.84. The summed E-state index contributed by atoms with van der Waals surface area (Å²) in [5, 5.41) is 0. The van der Waals surface area contributed by atoms with Crippen molar-refractivity contribution in [2.24, 2.45) is 0 Å². The summed E-state index contributed by atoms with van der Waals surface area (Å²) in [7, 11) is 0. The summed E-state index contributed by atoms with van der Waals surface area (Å²) in [5.41, 5.74) is 0.957. The Bertz CT molecular complexity index is 412. The van der Waals surface area contributed by atoms with Crippen molar-refractivity contribution in [1.82, 2.24) is 0 Å². The van der Waals surface area contributed by atoms with Crippen molar-refractivity contribution in [2.75, 3.05) is 0 Å². The first-order chi connectivity index (χ1) is 6.84. The van der Waals surface area contributed by atoms with Crippen LogP contribution in [-0.2, 0) is 0 Å². The molecule has 0 amide bonds. The maximum absolute atomic E-state index is 5.62. The molecule has 0 aliphatic carbocycles. The van der Waals surface area contributed by atoms with Gasteiger partial charge in [0, 0.05) is 0 Å². The molecule has 0 heterocycles. The Labute approximate surface area is 112 Å². The number of para-hydroxylation sites is 1. The topological polar surface area (TPSA) is 9.23 Å². The number of rotatable bonds is 2. The molecule has 0 aromatic heterocycles. The van der Waals surface area contributed by atoms with Gasteiger partial charge in [0.1, 0.15) is 11.5 Å². The zero-order valence-electron chi connectivity index (χ0n) is 7.81. The minimum absolute atomic E-state index is 0. The van der Waals surface area contributed by atoms with Crippen molar-refractivity contribution in [2.45, 2.75) is 0 Å². The van der Waals surface area contributed by atoms with Crippen LogP contribution < -0.4 is 4.74 Å². The van der Waals surface area contributed by atoms with E-state index in [9.17, 15) is 0 Å². The Balaban J connectivity index is 0.00000112. The van der Waals surface area contributed by atoms with Crippen molar-refractivity contribution >= 4 is 29.6 Å². The molecule has 0 saturated heterocycles. The quantitative estimate of drug-likeness (QED) is 0.688. The Kier molecular flexibility index (Phi) is 4.89. The third kappa shape index (κ3) is 3.71. The van der Waals surface area contributed by atoms with Gasteiger partial charge in [-0.25, -0.2) is 0 Å². The molecular formula is C13H12NaO. The normalized spacial score (nSPS) is 9.13. The maximum atomic E-state index is 5.62. The molecule has 0 unspecified atom stereocenters. The van der Waals surface area contributed by atoms with Gasteiger partial charge in [0.25, 0.3) is 0 Å². The average Bonchev–Trinajstić information content (AvgIpc) is 2.19. The zero-order valence-corrected chi connectivity index (χ0v) is 7.81. The summed E-state index contributed by atoms with van der Waals surface area (Å²) in [4.78, 5) is 0. The van der Waals surface area contributed by atoms with E-state index in [0.717, 1.165) is 17.1 Å². The van der Waals surface area contributed by atoms with Crippen LogP contribution in [0, 0.1) is 6.92 Å². The predicted molar refractivity (Wildman–Crippen MR) is 64.6 cm³/mol. The molecule has 15 heavy (non-hydrogen) atoms. The molecule has 2 heteroatoms. The molecule has 71 valence electrons. The standard InChI is InChI=1S/C13H11O.Na.H/c1-11-6-5-9-13(10-11)14-12-7-3-2-4-8-12;;/h2-10H,1H2;;. The number of ether oxygens (including phenoxy) is 1. The minimum atomic E-state index is 0. The molecular weight excluding hydrogens is 195 g/mol. The van der Waals surface area contributed by atoms with Crippen LogP contribution in [0.5, 0.6) is 11.5 Å². The van der Waals surface area contributed by atoms with Gasteiger partial charge in [-0.15, -0.1) is 0 Å². The monoisotopic (exact) mass is 207 g/mol. The van der Waals surface area contributed by atoms with Crippen LogP contribution in [-0.4, -0.2) is 29.6 Å². The first-order valence-electron chi connectivity index (χ1n) is 4.49. The Hall–Kier alpha value is -0.760. The molecule has 2 rings (SSSR count). The zero-order chi connectivity index (χ0) is 9.80. The Morgan fingerprint density at radius 2 is 1.47 bits per heavy atom. The molecule has 0 fully saturated rings. The van der Waals surface area contributed by atoms with Gasteiger partial charge in [-0.1, -0.05) is 30.3 Å². The third-order valence-corrected chi connectivity index (χ3v) is 1.88. The fraction of sp³-hybridized carbons (Fsp3) is 0. The molecule has 0 saturated carbocycles. The second-order valence-corrected chi connectivity index (χ2v) is 3.06. The van der Waals surface area contributed by atoms with Crippen LogP contribution in [0.1, 0.15) is 5.56 Å². The van der Waals surface area contributed by atoms with E-state index in [4.69, 9.17) is 4.74 Å². The van der Waals surface area contributed by atoms with E-state index < -0.39 is 0 Å². The van der Waals surface area contributed by atoms with Gasteiger partial charge >= 0.3 is 29.6 Å². The summed E-state index contributed by atoms with van der Waals surface area (Å²) in [5.74, 6) is 1.67. The van der Waals surface area contributed by atoms with E-state index >= 15 is 0 Å². The third-order valence-electron chi connectivity index (χ3n) is 1.88. The van der Waals surface area contributed by atoms with Gasteiger partial charge in [-0.3, -0.25) is 0 Å². The second-order valence-electron chi connectivity index (χ2n) is 3.06. The van der Waals surface area contributed by atoms with Gasteiger partial charge in [0.15, 0.2) is 0 Å². The van der Waals surface area contributed by atoms with E-state index in [2.05, 4.69) is 6.92 Å². The van der Waals surface area contributed by atoms with Crippen LogP contribution in [0.3, 0.4) is 0 Å². The van der Waals surface area contributed by atoms with Crippen molar-refractivity contribution in [3.05, 3.63) is 67.1 Å². The van der Waals surface area contributed by atoms with Crippen LogP contribution in [0.15, 0.2) is 54.6 Å². The van der Waals surface area contributed by atoms with E-state index in [-0.39, 0.29) is 29.6 Å². The molecule has 0 bridgehead atoms. The van der Waals surface area contributed by atoms with E-state index in [0.29, 0.717) is 0 Å². The number of hydrogen-bond donors (Lipinski definition) is 0. The Morgan fingerprint density at radius 3 is 2.13 bits per heavy atom. The molecule has 0 aliphatic rings. The number of hydrogen-bond acceptors (Lipinski definition) is 1. The first kappa shape index (κ1) is 12.3. The SMILES string of the molecule is [CH2]c1cccc(Oc2ccccc2)c1.[NaH]. The number of benzene rings is 2. The fourth-order valence-corrected chi connectivity index (χ4v) is 1.23. The van der Waals surface area contributed by atoms with Crippen LogP contribution >= 0.6 is 0 Å². The summed E-state index contributed by atoms with van der Waals surface area (Å²) >= 11 is 0. The fourth-order valence-electron chi connectivity index (χ4n) is 1.23. The van der Waals surface area contributed by atoms with Crippen LogP contribution in [0.4, 0.5) is 0 Å². The predicted octanol–water partition coefficient (Wildman–Crippen LogP) is 3.01. The van der Waals surface area contributed by atoms with Gasteiger partial charge in [0.05, 0.1) is 0 Å². The van der Waals surface area contributed by atoms with E-state index in [1.54, 1.807) is 0 Å². The summed E-state index contributed by atoms with van der Waals surface area (Å²) in [6, 6.07) is 17.4. The van der Waals surface area contributed by atoms with Gasteiger partial charge in [-0.2, -0.15) is 0 Å². The van der Waals surface area contributed by atoms with Gasteiger partial charge in [-0.05, 0) is 36.8 Å². The molecule has 0 N–H and O–H groups in total. The van der Waals surface area contributed by atoms with Crippen molar-refractivity contribution < 1.29 is 4.74 Å². The van der Waals surface area contributed by atoms with Crippen molar-refractivity contribution in [1.29, 1.82) is 0 Å². The van der Waals surface area contributed by atoms with E-state index in [1.165, 1.54) is 0 Å². The van der Waals surface area contributed by atoms with Crippen LogP contribution in [0.25, 0.3) is 0 Å². The van der Waals surface area contributed by atoms with Crippen LogP contribution in [0.2, 0.25) is 0 Å². The molecule has 0 spiro atoms. The molecule has 2 aromatic carbocycles. The van der Waals surface area contributed by atoms with Gasteiger partial charge in [0.2, 0.25) is 0 Å². The summed E-state index contributed by atoms with van der Waals surface area (Å²) < 4.78 is 5.62. The Morgan fingerprint density at radius 1 is 0.800 bits per heavy atom. The average molecular weight is 207 g/mol. The molecule has 2 aromatic rings. The van der Waals surface area contributed by atoms with Crippen molar-refractivity contribution in [3.63, 3.8) is 0 Å². The second kappa shape index (κ2) is 5.96. The molecule has 0 aliphatic heterocycles. The molecule has 1 radical (unpaired) electrons. The summed E-state index contributed by atoms with van der Waals surface area (Å²) in [6.07, 6.45) is 0. The van der Waals surface area contributed by atoms with E-state index in [1.807, 2.05) is 54.6 Å². The van der Waals surface area contributed by atoms with Crippen molar-refractivity contribution in [3.8, 4) is 11.5 Å². The van der Waals surface area contributed by atoms with Gasteiger partial charge < -0.3 is 4.74 Å². The molecule has 1 nitrogen and oxygen atoms in total.